The van der Waals surface area contributed by atoms with Crippen molar-refractivity contribution >= 4 is 35.2 Å². The van der Waals surface area contributed by atoms with E-state index in [1.165, 1.54) is 26.2 Å². The van der Waals surface area contributed by atoms with Gasteiger partial charge in [-0.1, -0.05) is 35.9 Å². The van der Waals surface area contributed by atoms with Crippen LogP contribution >= 0.6 is 11.6 Å². The molecule has 0 aliphatic carbocycles. The van der Waals surface area contributed by atoms with Gasteiger partial charge in [0.1, 0.15) is 12.4 Å². The number of hydrogen-bond acceptors (Lipinski definition) is 6. The van der Waals surface area contributed by atoms with Gasteiger partial charge in [-0.2, -0.15) is 0 Å². The van der Waals surface area contributed by atoms with Crippen LogP contribution in [0.1, 0.15) is 18.1 Å². The van der Waals surface area contributed by atoms with E-state index in [-0.39, 0.29) is 5.76 Å². The van der Waals surface area contributed by atoms with E-state index in [0.29, 0.717) is 28.7 Å². The fraction of sp³-hybridized carbons (Fsp3) is 0.174. The van der Waals surface area contributed by atoms with Crippen LogP contribution in [-0.4, -0.2) is 24.6 Å². The maximum absolute atomic E-state index is 12.3. The molecule has 3 rings (SSSR count). The average molecular weight is 427 g/mol. The number of cyclic esters (lactones) is 1. The van der Waals surface area contributed by atoms with Crippen molar-refractivity contribution in [1.29, 1.82) is 0 Å². The summed E-state index contributed by atoms with van der Waals surface area (Å²) in [7, 11) is 1.51. The minimum atomic E-state index is -1.46. The van der Waals surface area contributed by atoms with Crippen LogP contribution in [0.25, 0.3) is 6.08 Å². The summed E-state index contributed by atoms with van der Waals surface area (Å²) in [6, 6.07) is 12.4. The average Bonchev–Trinajstić information content (AvgIpc) is 2.71. The minimum Gasteiger partial charge on any atom is -0.493 e. The number of carbonyl (C=O) groups is 3. The van der Waals surface area contributed by atoms with Crippen molar-refractivity contribution in [2.75, 3.05) is 7.11 Å². The van der Waals surface area contributed by atoms with E-state index >= 15 is 0 Å². The van der Waals surface area contributed by atoms with Gasteiger partial charge in [0.2, 0.25) is 0 Å². The molecular formula is C23H19ClO6. The molecule has 0 N–H and O–H groups in total. The normalized spacial score (nSPS) is 16.2. The molecule has 6 nitrogen and oxygen atoms in total. The monoisotopic (exact) mass is 426 g/mol. The molecule has 0 aromatic heterocycles. The van der Waals surface area contributed by atoms with Gasteiger partial charge in [-0.3, -0.25) is 14.4 Å². The number of carbonyl (C=O) groups excluding carboxylic acids is 3. The highest BCUT2D eigenvalue weighted by Gasteiger charge is 2.36. The minimum absolute atomic E-state index is 0.178. The van der Waals surface area contributed by atoms with Crippen LogP contribution < -0.4 is 9.47 Å². The largest absolute Gasteiger partial charge is 0.493 e. The number of halogens is 1. The molecule has 0 amide bonds. The number of rotatable bonds is 7. The summed E-state index contributed by atoms with van der Waals surface area (Å²) in [6.07, 6.45) is 3.83. The zero-order valence-electron chi connectivity index (χ0n) is 16.4. The van der Waals surface area contributed by atoms with Crippen molar-refractivity contribution in [2.24, 2.45) is 5.92 Å². The summed E-state index contributed by atoms with van der Waals surface area (Å²) in [5.74, 6) is -2.37. The smallest absolute Gasteiger partial charge is 0.329 e. The van der Waals surface area contributed by atoms with Crippen LogP contribution in [0.2, 0.25) is 5.02 Å². The van der Waals surface area contributed by atoms with E-state index in [0.717, 1.165) is 11.6 Å². The molecule has 30 heavy (non-hydrogen) atoms. The van der Waals surface area contributed by atoms with Crippen LogP contribution in [0.3, 0.4) is 0 Å². The van der Waals surface area contributed by atoms with Gasteiger partial charge in [0.05, 0.1) is 7.11 Å². The first-order valence-electron chi connectivity index (χ1n) is 9.08. The van der Waals surface area contributed by atoms with Crippen molar-refractivity contribution in [2.45, 2.75) is 13.5 Å². The highest BCUT2D eigenvalue weighted by atomic mass is 35.5. The number of esters is 1. The zero-order valence-corrected chi connectivity index (χ0v) is 17.1. The molecule has 1 heterocycles. The van der Waals surface area contributed by atoms with E-state index in [9.17, 15) is 14.4 Å². The molecule has 1 aliphatic rings. The van der Waals surface area contributed by atoms with Gasteiger partial charge in [0.25, 0.3) is 0 Å². The van der Waals surface area contributed by atoms with Crippen LogP contribution in [0.15, 0.2) is 60.4 Å². The summed E-state index contributed by atoms with van der Waals surface area (Å²) < 4.78 is 16.0. The third-order valence-corrected chi connectivity index (χ3v) is 4.60. The Morgan fingerprint density at radius 2 is 1.87 bits per heavy atom. The van der Waals surface area contributed by atoms with E-state index < -0.39 is 23.5 Å². The molecule has 1 atom stereocenters. The van der Waals surface area contributed by atoms with E-state index in [1.807, 2.05) is 12.1 Å². The molecule has 0 saturated heterocycles. The lowest BCUT2D eigenvalue weighted by Crippen LogP contribution is -2.34. The van der Waals surface area contributed by atoms with Crippen LogP contribution in [0.4, 0.5) is 0 Å². The predicted octanol–water partition coefficient (Wildman–Crippen LogP) is 4.16. The molecule has 0 radical (unpaired) electrons. The lowest BCUT2D eigenvalue weighted by atomic mass is 9.96. The fourth-order valence-corrected chi connectivity index (χ4v) is 2.95. The second-order valence-corrected chi connectivity index (χ2v) is 7.01. The third-order valence-electron chi connectivity index (χ3n) is 4.35. The Kier molecular flexibility index (Phi) is 6.69. The van der Waals surface area contributed by atoms with Gasteiger partial charge in [0, 0.05) is 11.1 Å². The fourth-order valence-electron chi connectivity index (χ4n) is 2.83. The van der Waals surface area contributed by atoms with Gasteiger partial charge < -0.3 is 14.2 Å². The van der Waals surface area contributed by atoms with Crippen molar-refractivity contribution in [1.82, 2.24) is 0 Å². The van der Waals surface area contributed by atoms with Crippen molar-refractivity contribution in [3.8, 4) is 11.5 Å². The first kappa shape index (κ1) is 21.3. The number of methoxy groups -OCH3 is 1. The molecular weight excluding hydrogens is 408 g/mol. The van der Waals surface area contributed by atoms with Crippen molar-refractivity contribution in [3.05, 3.63) is 76.5 Å². The maximum atomic E-state index is 12.3. The molecule has 2 aromatic rings. The SMILES string of the molecule is COc1cc(/C=C/C(=O)[C@H]2C(=O)C=C(C)OC2=O)ccc1OCc1ccc(Cl)cc1. The number of ether oxygens (including phenoxy) is 3. The van der Waals surface area contributed by atoms with Crippen molar-refractivity contribution < 1.29 is 28.6 Å². The number of ketones is 2. The van der Waals surface area contributed by atoms with Crippen LogP contribution in [0, 0.1) is 5.92 Å². The summed E-state index contributed by atoms with van der Waals surface area (Å²) >= 11 is 5.88. The van der Waals surface area contributed by atoms with Crippen LogP contribution in [0.5, 0.6) is 11.5 Å². The quantitative estimate of drug-likeness (QED) is 0.376. The Hall–Kier alpha value is -3.38. The lowest BCUT2D eigenvalue weighted by molar-refractivity contribution is -0.151. The maximum Gasteiger partial charge on any atom is 0.329 e. The standard InChI is InChI=1S/C23H19ClO6/c1-14-11-19(26)22(23(27)30-14)18(25)9-5-15-6-10-20(21(12-15)28-2)29-13-16-3-7-17(24)8-4-16/h3-12,22H,13H2,1-2H3/b9-5+/t22-/m0/s1. The zero-order chi connectivity index (χ0) is 21.7. The second-order valence-electron chi connectivity index (χ2n) is 6.57. The number of benzene rings is 2. The lowest BCUT2D eigenvalue weighted by Gasteiger charge is -2.15. The van der Waals surface area contributed by atoms with Gasteiger partial charge >= 0.3 is 5.97 Å². The van der Waals surface area contributed by atoms with Gasteiger partial charge in [0.15, 0.2) is 29.0 Å². The molecule has 2 aromatic carbocycles. The number of hydrogen-bond donors (Lipinski definition) is 0. The third kappa shape index (κ3) is 5.15. The summed E-state index contributed by atoms with van der Waals surface area (Å²) in [4.78, 5) is 36.1. The first-order chi connectivity index (χ1) is 14.4. The van der Waals surface area contributed by atoms with Crippen molar-refractivity contribution in [3.63, 3.8) is 0 Å². The molecule has 0 saturated carbocycles. The highest BCUT2D eigenvalue weighted by molar-refractivity contribution is 6.30. The topological polar surface area (TPSA) is 78.9 Å². The Morgan fingerprint density at radius 1 is 1.13 bits per heavy atom. The highest BCUT2D eigenvalue weighted by Crippen LogP contribution is 2.29. The summed E-state index contributed by atoms with van der Waals surface area (Å²) in [6.45, 7) is 1.81. The summed E-state index contributed by atoms with van der Waals surface area (Å²) in [5, 5.41) is 0.649. The Bertz CT molecular complexity index is 1040. The first-order valence-corrected chi connectivity index (χ1v) is 9.46. The molecule has 0 spiro atoms. The van der Waals surface area contributed by atoms with E-state index in [4.69, 9.17) is 25.8 Å². The molecule has 7 heteroatoms. The number of allylic oxidation sites excluding steroid dienone is 3. The summed E-state index contributed by atoms with van der Waals surface area (Å²) in [5.41, 5.74) is 1.59. The molecule has 154 valence electrons. The van der Waals surface area contributed by atoms with Gasteiger partial charge in [-0.05, 0) is 48.4 Å². The molecule has 1 aliphatic heterocycles. The Morgan fingerprint density at radius 3 is 2.53 bits per heavy atom. The molecule has 0 unspecified atom stereocenters. The Labute approximate surface area is 178 Å². The van der Waals surface area contributed by atoms with Gasteiger partial charge in [-0.25, -0.2) is 0 Å². The Balaban J connectivity index is 1.69. The second kappa shape index (κ2) is 9.41. The van der Waals surface area contributed by atoms with Crippen LogP contribution in [-0.2, 0) is 25.7 Å². The molecule has 0 fully saturated rings. The van der Waals surface area contributed by atoms with E-state index in [1.54, 1.807) is 30.3 Å². The van der Waals surface area contributed by atoms with Gasteiger partial charge in [-0.15, -0.1) is 0 Å². The molecule has 0 bridgehead atoms. The predicted molar refractivity (Wildman–Crippen MR) is 111 cm³/mol. The van der Waals surface area contributed by atoms with E-state index in [2.05, 4.69) is 0 Å².